The Morgan fingerprint density at radius 3 is 2.64 bits per heavy atom. The predicted octanol–water partition coefficient (Wildman–Crippen LogP) is 4.37. The number of benzene rings is 2. The van der Waals surface area contributed by atoms with Crippen LogP contribution < -0.4 is 4.74 Å². The highest BCUT2D eigenvalue weighted by atomic mass is 16.5. The van der Waals surface area contributed by atoms with Crippen LogP contribution in [0.1, 0.15) is 37.7 Å². The van der Waals surface area contributed by atoms with Crippen LogP contribution in [0.3, 0.4) is 0 Å². The largest absolute Gasteiger partial charge is 0.493 e. The highest BCUT2D eigenvalue weighted by Crippen LogP contribution is 2.36. The summed E-state index contributed by atoms with van der Waals surface area (Å²) in [6, 6.07) is 11.5. The van der Waals surface area contributed by atoms with Gasteiger partial charge in [0.15, 0.2) is 5.66 Å². The second kappa shape index (κ2) is 6.94. The van der Waals surface area contributed by atoms with Crippen LogP contribution in [0.4, 0.5) is 0 Å². The monoisotopic (exact) mass is 336 g/mol. The van der Waals surface area contributed by atoms with E-state index in [1.807, 2.05) is 36.4 Å². The number of hydrogen-bond donors (Lipinski definition) is 1. The number of aliphatic carboxylic acids is 1. The van der Waals surface area contributed by atoms with Gasteiger partial charge < -0.3 is 9.84 Å². The van der Waals surface area contributed by atoms with Gasteiger partial charge in [-0.15, -0.1) is 12.3 Å². The van der Waals surface area contributed by atoms with Crippen molar-refractivity contribution < 1.29 is 14.6 Å². The standard InChI is InChI=1S/C20H20N2O3/c1-3-4-9-20(21-22-20)10-11-25-18-8-7-16-12-15(14(2)19(23)24)5-6-17(16)13-18/h1,5-8,12-14H,4,9-11H2,2H3,(H,23,24). The lowest BCUT2D eigenvalue weighted by Gasteiger charge is -2.12. The molecule has 1 N–H and O–H groups in total. The fourth-order valence-electron chi connectivity index (χ4n) is 2.74. The summed E-state index contributed by atoms with van der Waals surface area (Å²) < 4.78 is 5.82. The van der Waals surface area contributed by atoms with Crippen molar-refractivity contribution in [1.82, 2.24) is 0 Å². The molecule has 1 aliphatic rings. The molecule has 2 aromatic rings. The molecule has 0 amide bonds. The number of hydrogen-bond acceptors (Lipinski definition) is 4. The van der Waals surface area contributed by atoms with Gasteiger partial charge in [0.25, 0.3) is 0 Å². The van der Waals surface area contributed by atoms with E-state index in [0.717, 1.165) is 34.9 Å². The first-order chi connectivity index (χ1) is 12.0. The molecule has 0 radical (unpaired) electrons. The van der Waals surface area contributed by atoms with E-state index in [2.05, 4.69) is 16.1 Å². The lowest BCUT2D eigenvalue weighted by Crippen LogP contribution is -2.15. The van der Waals surface area contributed by atoms with Crippen molar-refractivity contribution in [3.8, 4) is 18.1 Å². The fraction of sp³-hybridized carbons (Fsp3) is 0.350. The van der Waals surface area contributed by atoms with Crippen molar-refractivity contribution >= 4 is 16.7 Å². The molecule has 5 nitrogen and oxygen atoms in total. The lowest BCUT2D eigenvalue weighted by atomic mass is 9.98. The molecule has 0 fully saturated rings. The maximum Gasteiger partial charge on any atom is 0.310 e. The van der Waals surface area contributed by atoms with E-state index in [9.17, 15) is 4.79 Å². The van der Waals surface area contributed by atoms with Gasteiger partial charge in [0.2, 0.25) is 0 Å². The molecule has 0 saturated carbocycles. The van der Waals surface area contributed by atoms with E-state index in [1.54, 1.807) is 6.92 Å². The summed E-state index contributed by atoms with van der Waals surface area (Å²) in [6.07, 6.45) is 7.45. The number of fused-ring (bicyclic) bond motifs is 1. The van der Waals surface area contributed by atoms with Crippen LogP contribution in [0.15, 0.2) is 46.6 Å². The van der Waals surface area contributed by atoms with Crippen molar-refractivity contribution in [1.29, 1.82) is 0 Å². The van der Waals surface area contributed by atoms with Crippen LogP contribution in [0.25, 0.3) is 10.8 Å². The first-order valence-electron chi connectivity index (χ1n) is 8.30. The summed E-state index contributed by atoms with van der Waals surface area (Å²) in [5, 5.41) is 19.3. The Kier molecular flexibility index (Phi) is 4.71. The van der Waals surface area contributed by atoms with E-state index >= 15 is 0 Å². The molecule has 5 heteroatoms. The van der Waals surface area contributed by atoms with Crippen LogP contribution in [-0.2, 0) is 4.79 Å². The summed E-state index contributed by atoms with van der Waals surface area (Å²) in [5.41, 5.74) is 0.464. The second-order valence-corrected chi connectivity index (χ2v) is 6.31. The van der Waals surface area contributed by atoms with Crippen LogP contribution >= 0.6 is 0 Å². The Labute approximate surface area is 146 Å². The van der Waals surface area contributed by atoms with E-state index in [1.165, 1.54) is 0 Å². The SMILES string of the molecule is C#CCCC1(CCOc2ccc3cc(C(C)C(=O)O)ccc3c2)N=N1. The summed E-state index contributed by atoms with van der Waals surface area (Å²) in [5.74, 6) is 2.04. The van der Waals surface area contributed by atoms with Gasteiger partial charge in [0, 0.05) is 19.3 Å². The number of ether oxygens (including phenoxy) is 1. The van der Waals surface area contributed by atoms with Crippen LogP contribution in [0.5, 0.6) is 5.75 Å². The van der Waals surface area contributed by atoms with Gasteiger partial charge >= 0.3 is 5.97 Å². The van der Waals surface area contributed by atoms with Gasteiger partial charge in [-0.05, 0) is 35.4 Å². The molecular weight excluding hydrogens is 316 g/mol. The number of terminal acetylenes is 1. The molecule has 3 rings (SSSR count). The Hall–Kier alpha value is -2.87. The zero-order valence-electron chi connectivity index (χ0n) is 14.1. The molecular formula is C20H20N2O3. The Balaban J connectivity index is 1.63. The molecule has 128 valence electrons. The molecule has 0 bridgehead atoms. The van der Waals surface area contributed by atoms with Crippen molar-refractivity contribution in [2.24, 2.45) is 10.2 Å². The third-order valence-electron chi connectivity index (χ3n) is 4.53. The fourth-order valence-corrected chi connectivity index (χ4v) is 2.74. The smallest absolute Gasteiger partial charge is 0.310 e. The number of carboxylic acid groups (broad SMARTS) is 1. The Morgan fingerprint density at radius 1 is 1.24 bits per heavy atom. The number of carbonyl (C=O) groups is 1. The van der Waals surface area contributed by atoms with Gasteiger partial charge in [-0.1, -0.05) is 24.3 Å². The molecule has 0 saturated heterocycles. The molecule has 0 spiro atoms. The molecule has 0 aliphatic carbocycles. The molecule has 1 heterocycles. The Bertz CT molecular complexity index is 861. The second-order valence-electron chi connectivity index (χ2n) is 6.31. The summed E-state index contributed by atoms with van der Waals surface area (Å²) >= 11 is 0. The first kappa shape index (κ1) is 17.0. The minimum absolute atomic E-state index is 0.328. The zero-order chi connectivity index (χ0) is 17.9. The lowest BCUT2D eigenvalue weighted by molar-refractivity contribution is -0.138. The third kappa shape index (κ3) is 3.97. The summed E-state index contributed by atoms with van der Waals surface area (Å²) in [7, 11) is 0. The van der Waals surface area contributed by atoms with Crippen molar-refractivity contribution in [2.45, 2.75) is 37.8 Å². The van der Waals surface area contributed by atoms with Gasteiger partial charge in [0.05, 0.1) is 12.5 Å². The predicted molar refractivity (Wildman–Crippen MR) is 95.8 cm³/mol. The van der Waals surface area contributed by atoms with Crippen molar-refractivity contribution in [3.05, 3.63) is 42.0 Å². The van der Waals surface area contributed by atoms with E-state index < -0.39 is 11.9 Å². The Morgan fingerprint density at radius 2 is 1.96 bits per heavy atom. The molecule has 2 aromatic carbocycles. The topological polar surface area (TPSA) is 71.2 Å². The number of carboxylic acids is 1. The molecule has 25 heavy (non-hydrogen) atoms. The van der Waals surface area contributed by atoms with Gasteiger partial charge in [0.1, 0.15) is 5.75 Å². The first-order valence-corrected chi connectivity index (χ1v) is 8.30. The third-order valence-corrected chi connectivity index (χ3v) is 4.53. The van der Waals surface area contributed by atoms with Crippen molar-refractivity contribution in [3.63, 3.8) is 0 Å². The minimum Gasteiger partial charge on any atom is -0.493 e. The van der Waals surface area contributed by atoms with Crippen LogP contribution in [0, 0.1) is 12.3 Å². The molecule has 1 aliphatic heterocycles. The van der Waals surface area contributed by atoms with Crippen LogP contribution in [-0.4, -0.2) is 23.3 Å². The maximum absolute atomic E-state index is 11.1. The zero-order valence-corrected chi connectivity index (χ0v) is 14.1. The average molecular weight is 336 g/mol. The van der Waals surface area contributed by atoms with E-state index in [0.29, 0.717) is 13.0 Å². The summed E-state index contributed by atoms with van der Waals surface area (Å²) in [6.45, 7) is 2.21. The van der Waals surface area contributed by atoms with Gasteiger partial charge in [-0.25, -0.2) is 0 Å². The van der Waals surface area contributed by atoms with Gasteiger partial charge in [-0.3, -0.25) is 4.79 Å². The van der Waals surface area contributed by atoms with Crippen molar-refractivity contribution in [2.75, 3.05) is 6.61 Å². The quantitative estimate of drug-likeness (QED) is 0.728. The van der Waals surface area contributed by atoms with E-state index in [-0.39, 0.29) is 5.66 Å². The van der Waals surface area contributed by atoms with Gasteiger partial charge in [-0.2, -0.15) is 10.2 Å². The molecule has 0 aromatic heterocycles. The highest BCUT2D eigenvalue weighted by molar-refractivity contribution is 5.86. The van der Waals surface area contributed by atoms with Crippen LogP contribution in [0.2, 0.25) is 0 Å². The molecule has 1 unspecified atom stereocenters. The van der Waals surface area contributed by atoms with E-state index in [4.69, 9.17) is 16.3 Å². The number of nitrogens with zero attached hydrogens (tertiary/aromatic N) is 2. The highest BCUT2D eigenvalue weighted by Gasteiger charge is 2.38. The molecule has 1 atom stereocenters. The maximum atomic E-state index is 11.1. The average Bonchev–Trinajstić information content (AvgIpc) is 3.39. The normalized spacial score (nSPS) is 15.5. The minimum atomic E-state index is -0.825. The number of rotatable bonds is 8. The summed E-state index contributed by atoms with van der Waals surface area (Å²) in [4.78, 5) is 11.1.